The van der Waals surface area contributed by atoms with Crippen LogP contribution in [0.4, 0.5) is 4.39 Å². The summed E-state index contributed by atoms with van der Waals surface area (Å²) in [4.78, 5) is 10.8. The molecule has 0 bridgehead atoms. The quantitative estimate of drug-likeness (QED) is 0.745. The highest BCUT2D eigenvalue weighted by molar-refractivity contribution is 9.10. The van der Waals surface area contributed by atoms with Gasteiger partial charge in [0.1, 0.15) is 16.5 Å². The lowest BCUT2D eigenvalue weighted by Gasteiger charge is -2.10. The van der Waals surface area contributed by atoms with Crippen molar-refractivity contribution in [3.8, 4) is 5.75 Å². The van der Waals surface area contributed by atoms with Gasteiger partial charge in [0.2, 0.25) is 5.91 Å². The van der Waals surface area contributed by atoms with Crippen LogP contribution in [0, 0.1) is 5.82 Å². The minimum atomic E-state index is -4.17. The summed E-state index contributed by atoms with van der Waals surface area (Å²) < 4.78 is 41.4. The number of carbonyl (C=O) groups excluding carboxylic acids is 1. The molecule has 1 aliphatic rings. The first-order valence-corrected chi connectivity index (χ1v) is 9.23. The van der Waals surface area contributed by atoms with Crippen molar-refractivity contribution in [2.24, 2.45) is 0 Å². The zero-order valence-corrected chi connectivity index (χ0v) is 13.9. The SMILES string of the molecule is O=C(CCOc1cc(F)c(S(=O)(=O)Cl)cc1Br)NC1CC1. The van der Waals surface area contributed by atoms with Crippen molar-refractivity contribution >= 4 is 41.6 Å². The van der Waals surface area contributed by atoms with Crippen LogP contribution < -0.4 is 10.1 Å². The molecule has 1 N–H and O–H groups in total. The molecule has 1 amide bonds. The summed E-state index contributed by atoms with van der Waals surface area (Å²) in [6, 6.07) is 2.21. The van der Waals surface area contributed by atoms with Gasteiger partial charge in [-0.1, -0.05) is 0 Å². The number of ether oxygens (including phenoxy) is 1. The molecule has 1 aliphatic carbocycles. The van der Waals surface area contributed by atoms with Crippen molar-refractivity contribution in [1.29, 1.82) is 0 Å². The molecular formula is C12H12BrClFNO4S. The lowest BCUT2D eigenvalue weighted by atomic mass is 10.3. The average molecular weight is 401 g/mol. The Labute approximate surface area is 134 Å². The Balaban J connectivity index is 1.97. The maximum atomic E-state index is 13.6. The molecule has 9 heteroatoms. The Hall–Kier alpha value is -0.860. The lowest BCUT2D eigenvalue weighted by molar-refractivity contribution is -0.121. The highest BCUT2D eigenvalue weighted by Crippen LogP contribution is 2.31. The van der Waals surface area contributed by atoms with E-state index in [0.29, 0.717) is 0 Å². The van der Waals surface area contributed by atoms with E-state index in [-0.39, 0.29) is 35.2 Å². The molecule has 0 saturated heterocycles. The molecule has 1 aromatic carbocycles. The first kappa shape index (κ1) is 16.5. The molecule has 0 aromatic heterocycles. The van der Waals surface area contributed by atoms with Crippen LogP contribution in [0.15, 0.2) is 21.5 Å². The van der Waals surface area contributed by atoms with Crippen molar-refractivity contribution in [1.82, 2.24) is 5.32 Å². The van der Waals surface area contributed by atoms with E-state index in [4.69, 9.17) is 15.4 Å². The van der Waals surface area contributed by atoms with Gasteiger partial charge in [-0.15, -0.1) is 0 Å². The summed E-state index contributed by atoms with van der Waals surface area (Å²) in [5, 5.41) is 2.79. The predicted molar refractivity (Wildman–Crippen MR) is 78.4 cm³/mol. The summed E-state index contributed by atoms with van der Waals surface area (Å²) in [5.41, 5.74) is 0. The van der Waals surface area contributed by atoms with E-state index in [1.54, 1.807) is 0 Å². The van der Waals surface area contributed by atoms with Crippen LogP contribution in [0.2, 0.25) is 0 Å². The van der Waals surface area contributed by atoms with Crippen LogP contribution in [0.5, 0.6) is 5.75 Å². The van der Waals surface area contributed by atoms with E-state index in [2.05, 4.69) is 21.2 Å². The normalized spacial score (nSPS) is 14.8. The molecule has 1 saturated carbocycles. The first-order valence-electron chi connectivity index (χ1n) is 6.13. The number of nitrogens with one attached hydrogen (secondary N) is 1. The van der Waals surface area contributed by atoms with Crippen LogP contribution in [0.25, 0.3) is 0 Å². The molecule has 5 nitrogen and oxygen atoms in total. The fraction of sp³-hybridized carbons (Fsp3) is 0.417. The molecule has 0 spiro atoms. The van der Waals surface area contributed by atoms with Crippen molar-refractivity contribution in [3.63, 3.8) is 0 Å². The predicted octanol–water partition coefficient (Wildman–Crippen LogP) is 2.56. The van der Waals surface area contributed by atoms with Crippen LogP contribution in [-0.4, -0.2) is 27.0 Å². The molecule has 2 rings (SSSR count). The van der Waals surface area contributed by atoms with Gasteiger partial charge in [-0.2, -0.15) is 0 Å². The molecule has 1 aromatic rings. The topological polar surface area (TPSA) is 72.5 Å². The third-order valence-corrected chi connectivity index (χ3v) is 4.73. The fourth-order valence-electron chi connectivity index (χ4n) is 1.59. The maximum Gasteiger partial charge on any atom is 0.264 e. The molecule has 116 valence electrons. The third kappa shape index (κ3) is 4.82. The van der Waals surface area contributed by atoms with Crippen molar-refractivity contribution in [2.75, 3.05) is 6.61 Å². The van der Waals surface area contributed by atoms with Gasteiger partial charge in [-0.3, -0.25) is 4.79 Å². The van der Waals surface area contributed by atoms with Gasteiger partial charge in [0, 0.05) is 22.8 Å². The first-order chi connectivity index (χ1) is 9.77. The van der Waals surface area contributed by atoms with Crippen LogP contribution in [0.1, 0.15) is 19.3 Å². The van der Waals surface area contributed by atoms with E-state index in [0.717, 1.165) is 25.0 Å². The van der Waals surface area contributed by atoms with E-state index >= 15 is 0 Å². The Morgan fingerprint density at radius 1 is 1.48 bits per heavy atom. The number of benzene rings is 1. The standard InChI is InChI=1S/C12H12BrClFNO4S/c13-8-5-11(21(14,18)19)9(15)6-10(8)20-4-3-12(17)16-7-1-2-7/h5-7H,1-4H2,(H,16,17). The van der Waals surface area contributed by atoms with Gasteiger partial charge >= 0.3 is 0 Å². The number of hydrogen-bond acceptors (Lipinski definition) is 4. The van der Waals surface area contributed by atoms with Gasteiger partial charge < -0.3 is 10.1 Å². The second-order valence-electron chi connectivity index (χ2n) is 4.59. The summed E-state index contributed by atoms with van der Waals surface area (Å²) in [5.74, 6) is -1.03. The van der Waals surface area contributed by atoms with E-state index in [9.17, 15) is 17.6 Å². The van der Waals surface area contributed by atoms with E-state index < -0.39 is 19.8 Å². The van der Waals surface area contributed by atoms with E-state index in [1.807, 2.05) is 0 Å². The summed E-state index contributed by atoms with van der Waals surface area (Å²) in [6.45, 7) is 0.0591. The Bertz CT molecular complexity index is 663. The van der Waals surface area contributed by atoms with Gasteiger partial charge in [-0.25, -0.2) is 12.8 Å². The number of hydrogen-bond donors (Lipinski definition) is 1. The second-order valence-corrected chi connectivity index (χ2v) is 7.98. The van der Waals surface area contributed by atoms with Gasteiger partial charge in [0.05, 0.1) is 17.5 Å². The molecule has 0 radical (unpaired) electrons. The summed E-state index contributed by atoms with van der Waals surface area (Å²) >= 11 is 3.08. The van der Waals surface area contributed by atoms with Gasteiger partial charge in [0.15, 0.2) is 0 Å². The highest BCUT2D eigenvalue weighted by atomic mass is 79.9. The number of halogens is 3. The monoisotopic (exact) mass is 399 g/mol. The Morgan fingerprint density at radius 2 is 2.14 bits per heavy atom. The number of carbonyl (C=O) groups is 1. The third-order valence-electron chi connectivity index (χ3n) is 2.78. The van der Waals surface area contributed by atoms with Crippen molar-refractivity contribution in [3.05, 3.63) is 22.4 Å². The molecule has 1 fully saturated rings. The smallest absolute Gasteiger partial charge is 0.264 e. The fourth-order valence-corrected chi connectivity index (χ4v) is 3.10. The number of rotatable bonds is 6. The molecular weight excluding hydrogens is 389 g/mol. The number of amides is 1. The molecule has 21 heavy (non-hydrogen) atoms. The molecule has 0 aliphatic heterocycles. The maximum absolute atomic E-state index is 13.6. The highest BCUT2D eigenvalue weighted by Gasteiger charge is 2.23. The van der Waals surface area contributed by atoms with Crippen molar-refractivity contribution < 1.29 is 22.3 Å². The minimum Gasteiger partial charge on any atom is -0.492 e. The van der Waals surface area contributed by atoms with Gasteiger partial charge in [-0.05, 0) is 34.8 Å². The molecule has 0 heterocycles. The zero-order valence-electron chi connectivity index (χ0n) is 10.7. The largest absolute Gasteiger partial charge is 0.492 e. The van der Waals surface area contributed by atoms with Crippen LogP contribution >= 0.6 is 26.6 Å². The van der Waals surface area contributed by atoms with Gasteiger partial charge in [0.25, 0.3) is 9.05 Å². The van der Waals surface area contributed by atoms with Crippen LogP contribution in [0.3, 0.4) is 0 Å². The summed E-state index contributed by atoms with van der Waals surface area (Å²) in [6.07, 6.45) is 2.13. The molecule has 0 unspecified atom stereocenters. The minimum absolute atomic E-state index is 0.0591. The lowest BCUT2D eigenvalue weighted by Crippen LogP contribution is -2.26. The van der Waals surface area contributed by atoms with Crippen LogP contribution in [-0.2, 0) is 13.8 Å². The van der Waals surface area contributed by atoms with E-state index in [1.165, 1.54) is 0 Å². The second kappa shape index (κ2) is 6.50. The molecule has 0 atom stereocenters. The zero-order chi connectivity index (χ0) is 15.6. The Kier molecular flexibility index (Phi) is 5.11. The van der Waals surface area contributed by atoms with Crippen molar-refractivity contribution in [2.45, 2.75) is 30.2 Å². The Morgan fingerprint density at radius 3 is 2.71 bits per heavy atom. The average Bonchev–Trinajstić information content (AvgIpc) is 3.15. The summed E-state index contributed by atoms with van der Waals surface area (Å²) in [7, 11) is 0.940.